The summed E-state index contributed by atoms with van der Waals surface area (Å²) in [6.07, 6.45) is 3.72. The number of rotatable bonds is 2. The Kier molecular flexibility index (Phi) is 3.96. The largest absolute Gasteiger partial charge is 0.450 e. The van der Waals surface area contributed by atoms with Crippen LogP contribution in [0.3, 0.4) is 0 Å². The molecular weight excluding hydrogens is 258 g/mol. The number of fused-ring (bicyclic) bond motifs is 1. The lowest BCUT2D eigenvalue weighted by Crippen LogP contribution is -2.49. The summed E-state index contributed by atoms with van der Waals surface area (Å²) in [5, 5.41) is 0. The maximum absolute atomic E-state index is 12.2. The van der Waals surface area contributed by atoms with Gasteiger partial charge in [0.25, 0.3) is 0 Å². The molecule has 3 rings (SSSR count). The van der Waals surface area contributed by atoms with Crippen LogP contribution >= 0.6 is 0 Å². The number of likely N-dealkylation sites (tertiary alicyclic amines) is 1. The number of hydrogen-bond donors (Lipinski definition) is 0. The SMILES string of the molecule is CCOC(=O)N1CC2CCCC2C1C1COCCC1=O. The van der Waals surface area contributed by atoms with Crippen molar-refractivity contribution < 1.29 is 19.1 Å². The van der Waals surface area contributed by atoms with Crippen molar-refractivity contribution in [2.75, 3.05) is 26.4 Å². The fraction of sp³-hybridized carbons (Fsp3) is 0.867. The lowest BCUT2D eigenvalue weighted by atomic mass is 9.82. The first-order valence-corrected chi connectivity index (χ1v) is 7.76. The molecule has 2 heterocycles. The minimum Gasteiger partial charge on any atom is -0.450 e. The molecule has 5 heteroatoms. The van der Waals surface area contributed by atoms with Crippen LogP contribution in [0.2, 0.25) is 0 Å². The average Bonchev–Trinajstić information content (AvgIpc) is 3.00. The first-order valence-electron chi connectivity index (χ1n) is 7.76. The summed E-state index contributed by atoms with van der Waals surface area (Å²) < 4.78 is 10.7. The number of ether oxygens (including phenoxy) is 2. The molecule has 20 heavy (non-hydrogen) atoms. The molecule has 4 unspecified atom stereocenters. The number of Topliss-reactive ketones (excluding diaryl/α,β-unsaturated/α-hetero) is 1. The van der Waals surface area contributed by atoms with Crippen LogP contribution in [0.5, 0.6) is 0 Å². The predicted octanol–water partition coefficient (Wildman–Crippen LogP) is 1.85. The zero-order valence-corrected chi connectivity index (χ0v) is 12.0. The molecule has 2 saturated heterocycles. The first kappa shape index (κ1) is 13.9. The third-order valence-corrected chi connectivity index (χ3v) is 5.07. The van der Waals surface area contributed by atoms with Crippen molar-refractivity contribution in [2.24, 2.45) is 17.8 Å². The van der Waals surface area contributed by atoms with Crippen LogP contribution in [0.1, 0.15) is 32.6 Å². The number of hydrogen-bond acceptors (Lipinski definition) is 4. The summed E-state index contributed by atoms with van der Waals surface area (Å²) in [6.45, 7) is 3.93. The van der Waals surface area contributed by atoms with Crippen molar-refractivity contribution in [2.45, 2.75) is 38.6 Å². The maximum Gasteiger partial charge on any atom is 0.410 e. The van der Waals surface area contributed by atoms with E-state index in [1.807, 2.05) is 11.8 Å². The van der Waals surface area contributed by atoms with E-state index < -0.39 is 0 Å². The Bertz CT molecular complexity index is 397. The highest BCUT2D eigenvalue weighted by Crippen LogP contribution is 2.45. The van der Waals surface area contributed by atoms with E-state index in [1.54, 1.807) is 0 Å². The van der Waals surface area contributed by atoms with Crippen molar-refractivity contribution in [3.63, 3.8) is 0 Å². The topological polar surface area (TPSA) is 55.8 Å². The fourth-order valence-electron chi connectivity index (χ4n) is 4.22. The molecule has 0 radical (unpaired) electrons. The Balaban J connectivity index is 1.82. The molecule has 112 valence electrons. The van der Waals surface area contributed by atoms with Gasteiger partial charge in [-0.25, -0.2) is 4.79 Å². The lowest BCUT2D eigenvalue weighted by Gasteiger charge is -2.35. The Morgan fingerprint density at radius 1 is 1.45 bits per heavy atom. The van der Waals surface area contributed by atoms with Crippen LogP contribution < -0.4 is 0 Å². The maximum atomic E-state index is 12.2. The Morgan fingerprint density at radius 3 is 3.05 bits per heavy atom. The van der Waals surface area contributed by atoms with E-state index in [0.717, 1.165) is 13.0 Å². The monoisotopic (exact) mass is 281 g/mol. The number of amides is 1. The first-order chi connectivity index (χ1) is 9.72. The van der Waals surface area contributed by atoms with Crippen LogP contribution in [0.4, 0.5) is 4.79 Å². The lowest BCUT2D eigenvalue weighted by molar-refractivity contribution is -0.133. The van der Waals surface area contributed by atoms with E-state index in [2.05, 4.69) is 0 Å². The molecule has 0 aromatic heterocycles. The minimum atomic E-state index is -0.259. The zero-order valence-electron chi connectivity index (χ0n) is 12.0. The Morgan fingerprint density at radius 2 is 2.30 bits per heavy atom. The van der Waals surface area contributed by atoms with Crippen LogP contribution in [-0.4, -0.2) is 49.2 Å². The van der Waals surface area contributed by atoms with Gasteiger partial charge in [0, 0.05) is 13.0 Å². The van der Waals surface area contributed by atoms with Crippen LogP contribution in [0, 0.1) is 17.8 Å². The van der Waals surface area contributed by atoms with Crippen molar-refractivity contribution in [1.82, 2.24) is 4.90 Å². The van der Waals surface area contributed by atoms with Crippen molar-refractivity contribution in [3.8, 4) is 0 Å². The van der Waals surface area contributed by atoms with E-state index in [-0.39, 0.29) is 23.8 Å². The van der Waals surface area contributed by atoms with Gasteiger partial charge in [-0.3, -0.25) is 4.79 Å². The second-order valence-electron chi connectivity index (χ2n) is 6.09. The zero-order chi connectivity index (χ0) is 14.1. The molecule has 0 spiro atoms. The summed E-state index contributed by atoms with van der Waals surface area (Å²) in [5.74, 6) is 1.10. The fourth-order valence-corrected chi connectivity index (χ4v) is 4.22. The van der Waals surface area contributed by atoms with Gasteiger partial charge in [-0.1, -0.05) is 6.42 Å². The molecule has 2 aliphatic heterocycles. The molecule has 0 aromatic carbocycles. The van der Waals surface area contributed by atoms with Crippen LogP contribution in [-0.2, 0) is 14.3 Å². The standard InChI is InChI=1S/C15H23NO4/c1-2-20-15(18)16-8-10-4-3-5-11(10)14(16)12-9-19-7-6-13(12)17/h10-12,14H,2-9H2,1H3. The molecule has 3 aliphatic rings. The van der Waals surface area contributed by atoms with Gasteiger partial charge in [0.15, 0.2) is 0 Å². The average molecular weight is 281 g/mol. The smallest absolute Gasteiger partial charge is 0.410 e. The molecule has 0 N–H and O–H groups in total. The molecule has 0 aromatic rings. The highest BCUT2D eigenvalue weighted by molar-refractivity contribution is 5.83. The Hall–Kier alpha value is -1.10. The summed E-state index contributed by atoms with van der Waals surface area (Å²) in [7, 11) is 0. The minimum absolute atomic E-state index is 0.00523. The number of carbonyl (C=O) groups is 2. The van der Waals surface area contributed by atoms with Gasteiger partial charge >= 0.3 is 6.09 Å². The molecule has 1 saturated carbocycles. The number of nitrogens with zero attached hydrogens (tertiary/aromatic N) is 1. The van der Waals surface area contributed by atoms with Gasteiger partial charge in [0.1, 0.15) is 5.78 Å². The summed E-state index contributed by atoms with van der Waals surface area (Å²) in [5.41, 5.74) is 0. The molecule has 0 bridgehead atoms. The van der Waals surface area contributed by atoms with Crippen LogP contribution in [0.25, 0.3) is 0 Å². The number of carbonyl (C=O) groups excluding carboxylic acids is 2. The van der Waals surface area contributed by atoms with E-state index in [0.29, 0.717) is 38.1 Å². The van der Waals surface area contributed by atoms with Gasteiger partial charge in [-0.2, -0.15) is 0 Å². The van der Waals surface area contributed by atoms with Crippen molar-refractivity contribution in [3.05, 3.63) is 0 Å². The van der Waals surface area contributed by atoms with E-state index in [1.165, 1.54) is 12.8 Å². The second-order valence-corrected chi connectivity index (χ2v) is 6.09. The predicted molar refractivity (Wildman–Crippen MR) is 72.3 cm³/mol. The van der Waals surface area contributed by atoms with E-state index in [4.69, 9.17) is 9.47 Å². The van der Waals surface area contributed by atoms with E-state index in [9.17, 15) is 9.59 Å². The molecule has 5 nitrogen and oxygen atoms in total. The molecular formula is C15H23NO4. The quantitative estimate of drug-likeness (QED) is 0.775. The normalized spacial score (nSPS) is 37.0. The van der Waals surface area contributed by atoms with Gasteiger partial charge < -0.3 is 14.4 Å². The van der Waals surface area contributed by atoms with Crippen molar-refractivity contribution >= 4 is 11.9 Å². The molecule has 3 fully saturated rings. The molecule has 1 amide bonds. The number of ketones is 1. The highest BCUT2D eigenvalue weighted by atomic mass is 16.6. The van der Waals surface area contributed by atoms with Gasteiger partial charge in [0.2, 0.25) is 0 Å². The molecule has 4 atom stereocenters. The van der Waals surface area contributed by atoms with Gasteiger partial charge in [-0.05, 0) is 31.6 Å². The highest BCUT2D eigenvalue weighted by Gasteiger charge is 2.51. The van der Waals surface area contributed by atoms with Crippen LogP contribution in [0.15, 0.2) is 0 Å². The third kappa shape index (κ3) is 2.32. The third-order valence-electron chi connectivity index (χ3n) is 5.07. The second kappa shape index (κ2) is 5.72. The summed E-state index contributed by atoms with van der Waals surface area (Å²) >= 11 is 0. The summed E-state index contributed by atoms with van der Waals surface area (Å²) in [6, 6.07) is -0.00523. The molecule has 1 aliphatic carbocycles. The Labute approximate surface area is 119 Å². The van der Waals surface area contributed by atoms with E-state index >= 15 is 0 Å². The van der Waals surface area contributed by atoms with Crippen molar-refractivity contribution in [1.29, 1.82) is 0 Å². The van der Waals surface area contributed by atoms with Gasteiger partial charge in [-0.15, -0.1) is 0 Å². The summed E-state index contributed by atoms with van der Waals surface area (Å²) in [4.78, 5) is 26.2. The van der Waals surface area contributed by atoms with Gasteiger partial charge in [0.05, 0.1) is 31.8 Å².